The summed E-state index contributed by atoms with van der Waals surface area (Å²) < 4.78 is 34.9. The molecule has 2 rings (SSSR count). The van der Waals surface area contributed by atoms with E-state index in [0.29, 0.717) is 22.9 Å². The summed E-state index contributed by atoms with van der Waals surface area (Å²) in [5, 5.41) is 4.20. The van der Waals surface area contributed by atoms with Gasteiger partial charge in [-0.05, 0) is 33.2 Å². The number of likely N-dealkylation sites (tertiary alicyclic amines) is 1. The molecule has 1 aliphatic rings. The Morgan fingerprint density at radius 2 is 2.14 bits per heavy atom. The van der Waals surface area contributed by atoms with E-state index >= 15 is 0 Å². The third-order valence-electron chi connectivity index (χ3n) is 4.15. The predicted molar refractivity (Wildman–Crippen MR) is 84.3 cm³/mol. The number of hydrogen-bond acceptors (Lipinski definition) is 5. The fourth-order valence-electron chi connectivity index (χ4n) is 3.00. The van der Waals surface area contributed by atoms with Gasteiger partial charge in [-0.15, -0.1) is 0 Å². The van der Waals surface area contributed by atoms with Crippen molar-refractivity contribution in [3.63, 3.8) is 0 Å². The zero-order chi connectivity index (χ0) is 16.3. The van der Waals surface area contributed by atoms with Crippen molar-refractivity contribution in [1.82, 2.24) is 19.4 Å². The Balaban J connectivity index is 2.08. The predicted octanol–water partition coefficient (Wildman–Crippen LogP) is 0.426. The van der Waals surface area contributed by atoms with Crippen molar-refractivity contribution in [1.29, 1.82) is 0 Å². The molecule has 0 spiro atoms. The number of nitrogens with one attached hydrogen (secondary N) is 1. The van der Waals surface area contributed by atoms with Crippen molar-refractivity contribution < 1.29 is 13.2 Å². The summed E-state index contributed by atoms with van der Waals surface area (Å²) in [6.07, 6.45) is 1.85. The molecule has 126 valence electrons. The summed E-state index contributed by atoms with van der Waals surface area (Å²) in [4.78, 5) is 2.55. The van der Waals surface area contributed by atoms with Crippen LogP contribution in [-0.2, 0) is 21.8 Å². The monoisotopic (exact) mass is 330 g/mol. The van der Waals surface area contributed by atoms with E-state index in [9.17, 15) is 8.42 Å². The molecule has 0 aromatic carbocycles. The molecule has 1 aromatic rings. The summed E-state index contributed by atoms with van der Waals surface area (Å²) in [5.41, 5.74) is 1.21. The zero-order valence-electron chi connectivity index (χ0n) is 13.8. The molecule has 1 aliphatic heterocycles. The fraction of sp³-hybridized carbons (Fsp3) is 0.786. The van der Waals surface area contributed by atoms with Crippen LogP contribution in [0.1, 0.15) is 24.2 Å². The van der Waals surface area contributed by atoms with E-state index in [2.05, 4.69) is 14.7 Å². The third kappa shape index (κ3) is 3.87. The molecule has 0 aliphatic carbocycles. The summed E-state index contributed by atoms with van der Waals surface area (Å²) in [7, 11) is -0.0986. The van der Waals surface area contributed by atoms with Crippen molar-refractivity contribution in [2.45, 2.75) is 37.6 Å². The van der Waals surface area contributed by atoms with Gasteiger partial charge in [0, 0.05) is 33.3 Å². The van der Waals surface area contributed by atoms with Gasteiger partial charge in [-0.1, -0.05) is 0 Å². The van der Waals surface area contributed by atoms with Gasteiger partial charge in [0.2, 0.25) is 10.0 Å². The first-order valence-electron chi connectivity index (χ1n) is 7.59. The summed E-state index contributed by atoms with van der Waals surface area (Å²) in [6, 6.07) is -0.0605. The molecule has 1 N–H and O–H groups in total. The lowest BCUT2D eigenvalue weighted by molar-refractivity contribution is 0.126. The molecule has 1 fully saturated rings. The number of methoxy groups -OCH3 is 1. The van der Waals surface area contributed by atoms with E-state index in [4.69, 9.17) is 4.74 Å². The minimum Gasteiger partial charge on any atom is -0.383 e. The Labute approximate surface area is 132 Å². The summed E-state index contributed by atoms with van der Waals surface area (Å²) in [5.74, 6) is 0. The van der Waals surface area contributed by atoms with Crippen LogP contribution in [0.2, 0.25) is 0 Å². The lowest BCUT2D eigenvalue weighted by atomic mass is 10.1. The lowest BCUT2D eigenvalue weighted by Crippen LogP contribution is -2.48. The molecule has 2 heterocycles. The van der Waals surface area contributed by atoms with Gasteiger partial charge in [0.25, 0.3) is 0 Å². The number of hydrogen-bond donors (Lipinski definition) is 1. The molecular weight excluding hydrogens is 304 g/mol. The van der Waals surface area contributed by atoms with Crippen LogP contribution in [0.15, 0.2) is 4.90 Å². The SMILES string of the molecule is COCCN1CCC[C@H](NS(=O)(=O)c2c(C)nn(C)c2C)C1. The van der Waals surface area contributed by atoms with Crippen molar-refractivity contribution in [2.24, 2.45) is 7.05 Å². The van der Waals surface area contributed by atoms with E-state index in [1.165, 1.54) is 0 Å². The Hall–Kier alpha value is -0.960. The van der Waals surface area contributed by atoms with Crippen LogP contribution in [0.5, 0.6) is 0 Å². The van der Waals surface area contributed by atoms with E-state index in [0.717, 1.165) is 32.5 Å². The minimum absolute atomic E-state index is 0.0605. The molecule has 0 radical (unpaired) electrons. The molecular formula is C14H26N4O3S. The van der Waals surface area contributed by atoms with Gasteiger partial charge in [-0.2, -0.15) is 5.10 Å². The van der Waals surface area contributed by atoms with Crippen molar-refractivity contribution in [3.8, 4) is 0 Å². The zero-order valence-corrected chi connectivity index (χ0v) is 14.6. The summed E-state index contributed by atoms with van der Waals surface area (Å²) in [6.45, 7) is 6.72. The maximum absolute atomic E-state index is 12.7. The average molecular weight is 330 g/mol. The highest BCUT2D eigenvalue weighted by Gasteiger charge is 2.29. The number of ether oxygens (including phenoxy) is 1. The van der Waals surface area contributed by atoms with E-state index in [-0.39, 0.29) is 6.04 Å². The Kier molecular flexibility index (Phi) is 5.60. The fourth-order valence-corrected chi connectivity index (χ4v) is 4.70. The standard InChI is InChI=1S/C14H26N4O3S/c1-11-14(12(2)17(3)15-11)22(19,20)16-13-6-5-7-18(10-13)8-9-21-4/h13,16H,5-10H2,1-4H3/t13-/m0/s1. The van der Waals surface area contributed by atoms with E-state index in [1.807, 2.05) is 0 Å². The van der Waals surface area contributed by atoms with Crippen molar-refractivity contribution in [2.75, 3.05) is 33.4 Å². The highest BCUT2D eigenvalue weighted by Crippen LogP contribution is 2.20. The number of piperidine rings is 1. The number of rotatable bonds is 6. The van der Waals surface area contributed by atoms with Crippen LogP contribution in [0.4, 0.5) is 0 Å². The van der Waals surface area contributed by atoms with Gasteiger partial charge in [-0.25, -0.2) is 13.1 Å². The smallest absolute Gasteiger partial charge is 0.244 e. The third-order valence-corrected chi connectivity index (χ3v) is 5.92. The molecule has 0 saturated carbocycles. The molecule has 1 aromatic heterocycles. The van der Waals surface area contributed by atoms with Crippen molar-refractivity contribution >= 4 is 10.0 Å². The van der Waals surface area contributed by atoms with Gasteiger partial charge in [-0.3, -0.25) is 9.58 Å². The topological polar surface area (TPSA) is 76.5 Å². The van der Waals surface area contributed by atoms with Crippen LogP contribution in [-0.4, -0.2) is 62.5 Å². The number of sulfonamides is 1. The first kappa shape index (κ1) is 17.4. The largest absolute Gasteiger partial charge is 0.383 e. The van der Waals surface area contributed by atoms with E-state index < -0.39 is 10.0 Å². The molecule has 0 unspecified atom stereocenters. The minimum atomic E-state index is -3.54. The maximum atomic E-state index is 12.7. The van der Waals surface area contributed by atoms with Gasteiger partial charge in [0.05, 0.1) is 18.0 Å². The average Bonchev–Trinajstić information content (AvgIpc) is 2.70. The maximum Gasteiger partial charge on any atom is 0.244 e. The lowest BCUT2D eigenvalue weighted by Gasteiger charge is -2.32. The van der Waals surface area contributed by atoms with E-state index in [1.54, 1.807) is 32.7 Å². The number of aromatic nitrogens is 2. The van der Waals surface area contributed by atoms with Crippen molar-refractivity contribution in [3.05, 3.63) is 11.4 Å². The van der Waals surface area contributed by atoms with Gasteiger partial charge in [0.1, 0.15) is 4.90 Å². The van der Waals surface area contributed by atoms with Crippen LogP contribution in [0.25, 0.3) is 0 Å². The highest BCUT2D eigenvalue weighted by molar-refractivity contribution is 7.89. The van der Waals surface area contributed by atoms with Crippen LogP contribution < -0.4 is 4.72 Å². The van der Waals surface area contributed by atoms with Gasteiger partial charge in [0.15, 0.2) is 0 Å². The summed E-state index contributed by atoms with van der Waals surface area (Å²) >= 11 is 0. The Morgan fingerprint density at radius 1 is 1.41 bits per heavy atom. The molecule has 0 amide bonds. The molecule has 8 heteroatoms. The number of aryl methyl sites for hydroxylation is 2. The molecule has 7 nitrogen and oxygen atoms in total. The normalized spacial score (nSPS) is 20.5. The second-order valence-corrected chi connectivity index (χ2v) is 7.53. The quantitative estimate of drug-likeness (QED) is 0.818. The molecule has 22 heavy (non-hydrogen) atoms. The molecule has 1 saturated heterocycles. The highest BCUT2D eigenvalue weighted by atomic mass is 32.2. The first-order chi connectivity index (χ1) is 10.3. The second kappa shape index (κ2) is 7.08. The molecule has 0 bridgehead atoms. The Bertz CT molecular complexity index is 612. The van der Waals surface area contributed by atoms with Gasteiger partial charge >= 0.3 is 0 Å². The van der Waals surface area contributed by atoms with Gasteiger partial charge < -0.3 is 4.74 Å². The van der Waals surface area contributed by atoms with Crippen LogP contribution >= 0.6 is 0 Å². The molecule has 1 atom stereocenters. The number of nitrogens with zero attached hydrogens (tertiary/aromatic N) is 3. The van der Waals surface area contributed by atoms with Crippen LogP contribution in [0, 0.1) is 13.8 Å². The second-order valence-electron chi connectivity index (χ2n) is 5.88. The Morgan fingerprint density at radius 3 is 2.73 bits per heavy atom. The first-order valence-corrected chi connectivity index (χ1v) is 9.07. The van der Waals surface area contributed by atoms with Crippen LogP contribution in [0.3, 0.4) is 0 Å².